The first-order chi connectivity index (χ1) is 23.0. The normalized spacial score (nSPS) is 23.7. The number of benzene rings is 1. The summed E-state index contributed by atoms with van der Waals surface area (Å²) in [5.74, 6) is -3.66. The van der Waals surface area contributed by atoms with E-state index in [0.717, 1.165) is 12.0 Å². The lowest BCUT2D eigenvalue weighted by Crippen LogP contribution is -2.60. The largest absolute Gasteiger partial charge is 0.462 e. The van der Waals surface area contributed by atoms with E-state index in [-0.39, 0.29) is 37.2 Å². The van der Waals surface area contributed by atoms with Crippen LogP contribution in [-0.2, 0) is 38.6 Å². The number of likely N-dealkylation sites (tertiary alicyclic amines) is 1. The molecule has 1 aliphatic heterocycles. The highest BCUT2D eigenvalue weighted by atomic mass is 32.2. The maximum Gasteiger partial charge on any atom is 0.411 e. The van der Waals surface area contributed by atoms with E-state index in [0.29, 0.717) is 12.8 Å². The lowest BCUT2D eigenvalue weighted by Gasteiger charge is -2.35. The highest BCUT2D eigenvalue weighted by Gasteiger charge is 2.62. The van der Waals surface area contributed by atoms with Gasteiger partial charge in [0.25, 0.3) is 5.91 Å². The van der Waals surface area contributed by atoms with Gasteiger partial charge < -0.3 is 29.7 Å². The Morgan fingerprint density at radius 1 is 1.10 bits per heavy atom. The minimum atomic E-state index is -3.94. The van der Waals surface area contributed by atoms with E-state index in [1.54, 1.807) is 39.8 Å². The van der Waals surface area contributed by atoms with Crippen LogP contribution < -0.4 is 20.7 Å². The summed E-state index contributed by atoms with van der Waals surface area (Å²) < 4.78 is 42.6. The molecule has 4 rings (SSSR count). The molecule has 268 valence electrons. The Morgan fingerprint density at radius 3 is 2.35 bits per heavy atom. The smallest absolute Gasteiger partial charge is 0.411 e. The first kappa shape index (κ1) is 37.2. The molecule has 0 radical (unpaired) electrons. The molecular formula is C32H43N5O11S. The fourth-order valence-electron chi connectivity index (χ4n) is 5.66. The van der Waals surface area contributed by atoms with Crippen LogP contribution in [0.1, 0.15) is 63.7 Å². The molecular weight excluding hydrogens is 662 g/mol. The first-order valence-electron chi connectivity index (χ1n) is 15.9. The minimum Gasteiger partial charge on any atom is -0.462 e. The molecule has 1 saturated heterocycles. The number of nitrogens with zero attached hydrogens (tertiary/aromatic N) is 1. The van der Waals surface area contributed by atoms with Crippen LogP contribution in [0.3, 0.4) is 0 Å². The third-order valence-corrected chi connectivity index (χ3v) is 10.4. The molecule has 1 aromatic rings. The summed E-state index contributed by atoms with van der Waals surface area (Å²) in [4.78, 5) is 80.1. The molecule has 2 saturated carbocycles. The van der Waals surface area contributed by atoms with Crippen LogP contribution in [0.4, 0.5) is 15.3 Å². The zero-order chi connectivity index (χ0) is 36.3. The lowest BCUT2D eigenvalue weighted by molar-refractivity contribution is -0.142. The van der Waals surface area contributed by atoms with E-state index in [1.165, 1.54) is 18.2 Å². The van der Waals surface area contributed by atoms with Gasteiger partial charge in [0.2, 0.25) is 21.8 Å². The summed E-state index contributed by atoms with van der Waals surface area (Å²) in [6, 6.07) is 3.61. The van der Waals surface area contributed by atoms with Gasteiger partial charge in [0.05, 0.1) is 36.8 Å². The summed E-state index contributed by atoms with van der Waals surface area (Å²) in [7, 11) is -2.80. The molecule has 17 heteroatoms. The van der Waals surface area contributed by atoms with Crippen molar-refractivity contribution >= 4 is 51.6 Å². The number of nitrogens with one attached hydrogen (secondary N) is 4. The molecule has 0 bridgehead atoms. The number of methoxy groups -OCH3 is 1. The van der Waals surface area contributed by atoms with Crippen molar-refractivity contribution in [3.63, 3.8) is 0 Å². The van der Waals surface area contributed by atoms with Crippen molar-refractivity contribution in [1.29, 1.82) is 0 Å². The maximum atomic E-state index is 14.1. The van der Waals surface area contributed by atoms with Crippen LogP contribution >= 0.6 is 0 Å². The van der Waals surface area contributed by atoms with Gasteiger partial charge in [-0.05, 0) is 43.7 Å². The lowest BCUT2D eigenvalue weighted by atomic mass is 9.85. The summed E-state index contributed by atoms with van der Waals surface area (Å²) in [5.41, 5.74) is -2.31. The molecule has 4 N–H and O–H groups in total. The third-order valence-electron chi connectivity index (χ3n) is 8.59. The van der Waals surface area contributed by atoms with Gasteiger partial charge in [-0.2, -0.15) is 0 Å². The molecule has 0 unspecified atom stereocenters. The average molecular weight is 706 g/mol. The van der Waals surface area contributed by atoms with Gasteiger partial charge in [-0.3, -0.25) is 24.4 Å². The van der Waals surface area contributed by atoms with Crippen LogP contribution in [0.15, 0.2) is 36.9 Å². The summed E-state index contributed by atoms with van der Waals surface area (Å²) in [6.07, 6.45) is -0.787. The average Bonchev–Trinajstić information content (AvgIpc) is 3.96. The topological polar surface area (TPSA) is 216 Å². The van der Waals surface area contributed by atoms with Crippen molar-refractivity contribution in [1.82, 2.24) is 20.3 Å². The van der Waals surface area contributed by atoms with E-state index >= 15 is 0 Å². The summed E-state index contributed by atoms with van der Waals surface area (Å²) >= 11 is 0. The number of hydrogen-bond acceptors (Lipinski definition) is 11. The predicted molar refractivity (Wildman–Crippen MR) is 174 cm³/mol. The number of para-hydroxylation sites is 1. The van der Waals surface area contributed by atoms with E-state index in [9.17, 15) is 37.2 Å². The fourth-order valence-corrected chi connectivity index (χ4v) is 7.02. The zero-order valence-electron chi connectivity index (χ0n) is 28.1. The number of rotatable bonds is 12. The van der Waals surface area contributed by atoms with Crippen LogP contribution in [0, 0.1) is 11.3 Å². The van der Waals surface area contributed by atoms with Gasteiger partial charge in [0.15, 0.2) is 0 Å². The number of anilines is 1. The molecule has 0 spiro atoms. The molecule has 5 atom stereocenters. The number of esters is 1. The van der Waals surface area contributed by atoms with Crippen LogP contribution in [0.25, 0.3) is 0 Å². The van der Waals surface area contributed by atoms with E-state index in [4.69, 9.17) is 14.2 Å². The second kappa shape index (κ2) is 14.4. The third kappa shape index (κ3) is 8.50. The van der Waals surface area contributed by atoms with Crippen LogP contribution in [0.5, 0.6) is 0 Å². The van der Waals surface area contributed by atoms with Gasteiger partial charge in [-0.1, -0.05) is 39.0 Å². The Morgan fingerprint density at radius 2 is 1.78 bits per heavy atom. The first-order valence-corrected chi connectivity index (χ1v) is 17.4. The molecule has 3 aliphatic rings. The Bertz CT molecular complexity index is 1620. The zero-order valence-corrected chi connectivity index (χ0v) is 28.9. The van der Waals surface area contributed by atoms with Gasteiger partial charge in [0.1, 0.15) is 23.7 Å². The highest BCUT2D eigenvalue weighted by molar-refractivity contribution is 7.91. The molecule has 3 fully saturated rings. The van der Waals surface area contributed by atoms with Gasteiger partial charge in [-0.15, -0.1) is 6.58 Å². The van der Waals surface area contributed by atoms with Crippen LogP contribution in [0.2, 0.25) is 0 Å². The van der Waals surface area contributed by atoms with Gasteiger partial charge >= 0.3 is 18.2 Å². The Hall–Kier alpha value is -4.67. The molecule has 16 nitrogen and oxygen atoms in total. The molecule has 1 aromatic carbocycles. The van der Waals surface area contributed by atoms with Crippen molar-refractivity contribution < 1.29 is 51.4 Å². The number of carbonyl (C=O) groups is 6. The Kier molecular flexibility index (Phi) is 10.9. The highest BCUT2D eigenvalue weighted by Crippen LogP contribution is 2.45. The van der Waals surface area contributed by atoms with Gasteiger partial charge in [-0.25, -0.2) is 22.8 Å². The van der Waals surface area contributed by atoms with Crippen molar-refractivity contribution in [2.24, 2.45) is 11.3 Å². The predicted octanol–water partition coefficient (Wildman–Crippen LogP) is 1.82. The van der Waals surface area contributed by atoms with Crippen molar-refractivity contribution in [2.75, 3.05) is 25.6 Å². The van der Waals surface area contributed by atoms with Crippen LogP contribution in [-0.4, -0.2) is 98.4 Å². The number of ether oxygens (including phenoxy) is 3. The molecule has 49 heavy (non-hydrogen) atoms. The quantitative estimate of drug-likeness (QED) is 0.140. The molecule has 5 amide bonds. The fraction of sp³-hybridized carbons (Fsp3) is 0.562. The number of amides is 5. The second-order valence-corrected chi connectivity index (χ2v) is 15.2. The number of sulfonamides is 1. The van der Waals surface area contributed by atoms with Crippen molar-refractivity contribution in [2.45, 2.75) is 82.4 Å². The number of alkyl carbamates (subject to hydrolysis) is 1. The number of hydrogen-bond donors (Lipinski definition) is 4. The second-order valence-electron chi connectivity index (χ2n) is 13.3. The summed E-state index contributed by atoms with van der Waals surface area (Å²) in [6.45, 7) is 10.2. The summed E-state index contributed by atoms with van der Waals surface area (Å²) in [5, 5.41) is 6.97. The number of carbonyl (C=O) groups excluding carboxylic acids is 6. The minimum absolute atomic E-state index is 0.0750. The standard InChI is InChI=1S/C32H43N5O11S/c1-7-18-16-32(18,28(41)36-49(44,45)20-13-14-20)35-25(38)23-15-19(17-37(23)26(39)24(31(3,4)5)34-29(42)46-6)48-30(43)33-22-12-10-9-11-21(22)27(40)47-8-2/h7,9-12,18-20,23-24H,1,8,13-17H2,2-6H3,(H,33,43)(H,34,42)(H,35,38)(H,36,41)/t18-,19-,23+,24-,32-/m1/s1. The van der Waals surface area contributed by atoms with Crippen molar-refractivity contribution in [3.05, 3.63) is 42.5 Å². The molecule has 1 heterocycles. The SMILES string of the molecule is C=C[C@@H]1C[C@]1(NC(=O)[C@@H]1C[C@@H](OC(=O)Nc2ccccc2C(=O)OCC)CN1C(=O)[C@@H](NC(=O)OC)C(C)(C)C)C(=O)NS(=O)(=O)C1CC1. The van der Waals surface area contributed by atoms with Crippen molar-refractivity contribution in [3.8, 4) is 0 Å². The molecule has 0 aromatic heterocycles. The van der Waals surface area contributed by atoms with E-state index < -0.39 is 86.2 Å². The van der Waals surface area contributed by atoms with E-state index in [1.807, 2.05) is 0 Å². The Balaban J connectivity index is 1.58. The Labute approximate surface area is 284 Å². The van der Waals surface area contributed by atoms with Gasteiger partial charge in [0, 0.05) is 12.3 Å². The molecule has 2 aliphatic carbocycles. The monoisotopic (exact) mass is 705 g/mol. The maximum absolute atomic E-state index is 14.1. The van der Waals surface area contributed by atoms with E-state index in [2.05, 4.69) is 27.3 Å².